The molecule has 1 aromatic carbocycles. The molecule has 1 rings (SSSR count). The number of nitrogen functional groups attached to an aromatic ring is 1. The van der Waals surface area contributed by atoms with Crippen molar-refractivity contribution in [1.29, 1.82) is 0 Å². The molecule has 0 aliphatic carbocycles. The molecule has 0 saturated heterocycles. The smallest absolute Gasteiger partial charge is 0.338 e. The minimum absolute atomic E-state index is 0.0303. The molecule has 0 heterocycles. The van der Waals surface area contributed by atoms with Crippen LogP contribution in [0.2, 0.25) is 0 Å². The van der Waals surface area contributed by atoms with E-state index in [1.807, 2.05) is 20.8 Å². The van der Waals surface area contributed by atoms with Crippen molar-refractivity contribution in [3.63, 3.8) is 0 Å². The van der Waals surface area contributed by atoms with Gasteiger partial charge in [0.15, 0.2) is 6.61 Å². The third kappa shape index (κ3) is 5.21. The van der Waals surface area contributed by atoms with Gasteiger partial charge in [-0.1, -0.05) is 29.8 Å². The first-order valence-electron chi connectivity index (χ1n) is 6.32. The lowest BCUT2D eigenvalue weighted by Gasteiger charge is -2.17. The normalized spacial score (nSPS) is 12.1. The first kappa shape index (κ1) is 16.5. The predicted octanol–water partition coefficient (Wildman–Crippen LogP) is 2.35. The summed E-state index contributed by atoms with van der Waals surface area (Å²) in [6.45, 7) is 5.60. The summed E-state index contributed by atoms with van der Waals surface area (Å²) in [5.41, 5.74) is 6.39. The van der Waals surface area contributed by atoms with Gasteiger partial charge in [0.05, 0.1) is 5.56 Å². The monoisotopic (exact) mass is 342 g/mol. The van der Waals surface area contributed by atoms with Crippen LogP contribution in [0.5, 0.6) is 0 Å². The second kappa shape index (κ2) is 7.28. The molecule has 0 saturated carbocycles. The zero-order valence-electron chi connectivity index (χ0n) is 11.8. The molecular formula is C14H19BrN2O3. The molecule has 1 atom stereocenters. The maximum absolute atomic E-state index is 11.8. The van der Waals surface area contributed by atoms with Crippen molar-refractivity contribution < 1.29 is 14.3 Å². The number of hydrogen-bond acceptors (Lipinski definition) is 4. The number of benzene rings is 1. The fourth-order valence-corrected chi connectivity index (χ4v) is 1.92. The lowest BCUT2D eigenvalue weighted by molar-refractivity contribution is -0.125. The van der Waals surface area contributed by atoms with Crippen molar-refractivity contribution in [2.45, 2.75) is 26.8 Å². The SMILES string of the molecule is CC(C)C(C)NC(=O)COC(=O)c1cc(N)cc(Br)c1. The number of amides is 1. The van der Waals surface area contributed by atoms with Crippen LogP contribution in [0, 0.1) is 5.92 Å². The maximum atomic E-state index is 11.8. The summed E-state index contributed by atoms with van der Waals surface area (Å²) in [6.07, 6.45) is 0. The standard InChI is InChI=1S/C14H19BrN2O3/c1-8(2)9(3)17-13(18)7-20-14(19)10-4-11(15)6-12(16)5-10/h4-6,8-9H,7,16H2,1-3H3,(H,17,18). The van der Waals surface area contributed by atoms with Crippen LogP contribution in [0.1, 0.15) is 31.1 Å². The lowest BCUT2D eigenvalue weighted by Crippen LogP contribution is -2.38. The maximum Gasteiger partial charge on any atom is 0.338 e. The summed E-state index contributed by atoms with van der Waals surface area (Å²) in [6, 6.07) is 4.80. The Morgan fingerprint density at radius 3 is 2.50 bits per heavy atom. The van der Waals surface area contributed by atoms with Gasteiger partial charge in [0, 0.05) is 16.2 Å². The highest BCUT2D eigenvalue weighted by atomic mass is 79.9. The number of anilines is 1. The number of esters is 1. The van der Waals surface area contributed by atoms with Gasteiger partial charge in [-0.3, -0.25) is 4.79 Å². The summed E-state index contributed by atoms with van der Waals surface area (Å²) in [5, 5.41) is 2.76. The van der Waals surface area contributed by atoms with E-state index in [4.69, 9.17) is 10.5 Å². The highest BCUT2D eigenvalue weighted by molar-refractivity contribution is 9.10. The lowest BCUT2D eigenvalue weighted by atomic mass is 10.1. The Hall–Kier alpha value is -1.56. The van der Waals surface area contributed by atoms with Gasteiger partial charge in [0.25, 0.3) is 5.91 Å². The van der Waals surface area contributed by atoms with Crippen LogP contribution >= 0.6 is 15.9 Å². The van der Waals surface area contributed by atoms with E-state index in [1.165, 1.54) is 6.07 Å². The van der Waals surface area contributed by atoms with E-state index in [0.29, 0.717) is 21.6 Å². The molecule has 0 aliphatic rings. The summed E-state index contributed by atoms with van der Waals surface area (Å²) in [7, 11) is 0. The summed E-state index contributed by atoms with van der Waals surface area (Å²) >= 11 is 3.24. The number of hydrogen-bond donors (Lipinski definition) is 2. The molecule has 0 spiro atoms. The Kier molecular flexibility index (Phi) is 6.01. The molecule has 6 heteroatoms. The van der Waals surface area contributed by atoms with E-state index < -0.39 is 5.97 Å². The average Bonchev–Trinajstić information content (AvgIpc) is 2.34. The summed E-state index contributed by atoms with van der Waals surface area (Å²) in [5.74, 6) is -0.576. The summed E-state index contributed by atoms with van der Waals surface area (Å²) in [4.78, 5) is 23.4. The molecule has 1 aromatic rings. The van der Waals surface area contributed by atoms with Crippen molar-refractivity contribution in [2.24, 2.45) is 5.92 Å². The van der Waals surface area contributed by atoms with Crippen LogP contribution in [0.3, 0.4) is 0 Å². The van der Waals surface area contributed by atoms with Crippen LogP contribution in [0.15, 0.2) is 22.7 Å². The van der Waals surface area contributed by atoms with E-state index in [2.05, 4.69) is 21.2 Å². The first-order chi connectivity index (χ1) is 9.29. The number of nitrogens with two attached hydrogens (primary N) is 1. The van der Waals surface area contributed by atoms with Crippen molar-refractivity contribution in [1.82, 2.24) is 5.32 Å². The second-order valence-corrected chi connectivity index (χ2v) is 5.87. The van der Waals surface area contributed by atoms with Crippen LogP contribution in [-0.2, 0) is 9.53 Å². The Bertz CT molecular complexity index is 483. The zero-order valence-corrected chi connectivity index (χ0v) is 13.4. The largest absolute Gasteiger partial charge is 0.452 e. The number of halogens is 1. The van der Waals surface area contributed by atoms with Gasteiger partial charge in [0.2, 0.25) is 0 Å². The minimum atomic E-state index is -0.578. The highest BCUT2D eigenvalue weighted by Crippen LogP contribution is 2.17. The van der Waals surface area contributed by atoms with Gasteiger partial charge >= 0.3 is 5.97 Å². The van der Waals surface area contributed by atoms with Gasteiger partial charge in [-0.05, 0) is 31.0 Å². The minimum Gasteiger partial charge on any atom is -0.452 e. The van der Waals surface area contributed by atoms with Crippen molar-refractivity contribution in [2.75, 3.05) is 12.3 Å². The van der Waals surface area contributed by atoms with Crippen LogP contribution in [-0.4, -0.2) is 24.5 Å². The van der Waals surface area contributed by atoms with E-state index >= 15 is 0 Å². The fraction of sp³-hybridized carbons (Fsp3) is 0.429. The van der Waals surface area contributed by atoms with Gasteiger partial charge in [0.1, 0.15) is 0 Å². The molecule has 0 aliphatic heterocycles. The van der Waals surface area contributed by atoms with Crippen molar-refractivity contribution in [3.05, 3.63) is 28.2 Å². The molecule has 0 bridgehead atoms. The second-order valence-electron chi connectivity index (χ2n) is 4.95. The Morgan fingerprint density at radius 1 is 1.30 bits per heavy atom. The number of carbonyl (C=O) groups is 2. The Morgan fingerprint density at radius 2 is 1.95 bits per heavy atom. The van der Waals surface area contributed by atoms with Crippen molar-refractivity contribution in [3.8, 4) is 0 Å². The molecular weight excluding hydrogens is 324 g/mol. The quantitative estimate of drug-likeness (QED) is 0.635. The molecule has 1 amide bonds. The predicted molar refractivity (Wildman–Crippen MR) is 81.3 cm³/mol. The molecule has 0 radical (unpaired) electrons. The Labute approximate surface area is 127 Å². The van der Waals surface area contributed by atoms with E-state index in [9.17, 15) is 9.59 Å². The molecule has 5 nitrogen and oxygen atoms in total. The highest BCUT2D eigenvalue weighted by Gasteiger charge is 2.14. The average molecular weight is 343 g/mol. The molecule has 0 aromatic heterocycles. The van der Waals surface area contributed by atoms with Gasteiger partial charge in [-0.25, -0.2) is 4.79 Å². The number of nitrogens with one attached hydrogen (secondary N) is 1. The third-order valence-electron chi connectivity index (χ3n) is 2.88. The van der Waals surface area contributed by atoms with E-state index in [1.54, 1.807) is 12.1 Å². The molecule has 1 unspecified atom stereocenters. The molecule has 0 fully saturated rings. The van der Waals surface area contributed by atoms with Gasteiger partial charge in [-0.15, -0.1) is 0 Å². The van der Waals surface area contributed by atoms with Gasteiger partial charge < -0.3 is 15.8 Å². The summed E-state index contributed by atoms with van der Waals surface area (Å²) < 4.78 is 5.64. The van der Waals surface area contributed by atoms with Crippen LogP contribution in [0.4, 0.5) is 5.69 Å². The first-order valence-corrected chi connectivity index (χ1v) is 7.11. The van der Waals surface area contributed by atoms with Crippen LogP contribution in [0.25, 0.3) is 0 Å². The molecule has 3 N–H and O–H groups in total. The van der Waals surface area contributed by atoms with E-state index in [-0.39, 0.29) is 18.6 Å². The van der Waals surface area contributed by atoms with Crippen molar-refractivity contribution >= 4 is 33.5 Å². The zero-order chi connectivity index (χ0) is 15.3. The number of rotatable bonds is 5. The van der Waals surface area contributed by atoms with Gasteiger partial charge in [-0.2, -0.15) is 0 Å². The molecule has 110 valence electrons. The number of carbonyl (C=O) groups excluding carboxylic acids is 2. The number of ether oxygens (including phenoxy) is 1. The van der Waals surface area contributed by atoms with Crippen LogP contribution < -0.4 is 11.1 Å². The topological polar surface area (TPSA) is 81.4 Å². The van der Waals surface area contributed by atoms with E-state index in [0.717, 1.165) is 0 Å². The Balaban J connectivity index is 2.53. The fourth-order valence-electron chi connectivity index (χ4n) is 1.41. The molecule has 20 heavy (non-hydrogen) atoms. The third-order valence-corrected chi connectivity index (χ3v) is 3.34.